The molecule has 0 spiro atoms. The van der Waals surface area contributed by atoms with Crippen molar-refractivity contribution in [1.29, 1.82) is 0 Å². The van der Waals surface area contributed by atoms with Crippen molar-refractivity contribution >= 4 is 17.8 Å². The maximum Gasteiger partial charge on any atom is 0.318 e. The van der Waals surface area contributed by atoms with E-state index in [1.807, 2.05) is 34.9 Å². The minimum absolute atomic E-state index is 0.0634. The summed E-state index contributed by atoms with van der Waals surface area (Å²) in [5.41, 5.74) is 1.19. The van der Waals surface area contributed by atoms with E-state index >= 15 is 0 Å². The second-order valence-corrected chi connectivity index (χ2v) is 8.05. The Bertz CT molecular complexity index is 519. The van der Waals surface area contributed by atoms with E-state index in [2.05, 4.69) is 24.4 Å². The lowest BCUT2D eigenvalue weighted by atomic mass is 9.94. The number of benzene rings is 1. The van der Waals surface area contributed by atoms with Crippen molar-refractivity contribution in [3.63, 3.8) is 0 Å². The monoisotopic (exact) mass is 348 g/mol. The first kappa shape index (κ1) is 17.6. The number of amides is 2. The van der Waals surface area contributed by atoms with Crippen LogP contribution in [0.1, 0.15) is 37.8 Å². The predicted molar refractivity (Wildman–Crippen MR) is 99.4 cm³/mol. The summed E-state index contributed by atoms with van der Waals surface area (Å²) in [6.45, 7) is 4.66. The number of carbonyl (C=O) groups excluding carboxylic acids is 1. The molecule has 1 aromatic carbocycles. The van der Waals surface area contributed by atoms with Gasteiger partial charge in [-0.15, -0.1) is 0 Å². The van der Waals surface area contributed by atoms with Gasteiger partial charge in [0.05, 0.1) is 6.04 Å². The average Bonchev–Trinajstić information content (AvgIpc) is 3.01. The third-order valence-corrected chi connectivity index (χ3v) is 6.04. The molecule has 4 nitrogen and oxygen atoms in total. The van der Waals surface area contributed by atoms with E-state index < -0.39 is 0 Å². The second-order valence-electron chi connectivity index (χ2n) is 6.82. The molecule has 2 amide bonds. The lowest BCUT2D eigenvalue weighted by molar-refractivity contribution is 0.170. The van der Waals surface area contributed by atoms with E-state index in [1.54, 1.807) is 0 Å². The summed E-state index contributed by atoms with van der Waals surface area (Å²) in [6, 6.07) is 10.8. The molecule has 2 heterocycles. The molecule has 2 aliphatic rings. The maximum absolute atomic E-state index is 12.9. The minimum atomic E-state index is 0.0634. The zero-order valence-electron chi connectivity index (χ0n) is 14.4. The van der Waals surface area contributed by atoms with Gasteiger partial charge in [0.25, 0.3) is 0 Å². The fraction of sp³-hybridized carbons (Fsp3) is 0.632. The molecule has 0 bridgehead atoms. The van der Waals surface area contributed by atoms with Crippen LogP contribution < -0.4 is 5.32 Å². The number of hydrogen-bond donors (Lipinski definition) is 1. The third-order valence-electron chi connectivity index (χ3n) is 5.04. The number of urea groups is 1. The van der Waals surface area contributed by atoms with Gasteiger partial charge in [-0.25, -0.2) is 4.79 Å². The van der Waals surface area contributed by atoms with Crippen LogP contribution in [-0.2, 0) is 4.74 Å². The van der Waals surface area contributed by atoms with Crippen LogP contribution >= 0.6 is 11.8 Å². The molecule has 2 fully saturated rings. The van der Waals surface area contributed by atoms with Gasteiger partial charge in [-0.1, -0.05) is 30.3 Å². The Hall–Kier alpha value is -1.20. The van der Waals surface area contributed by atoms with Crippen molar-refractivity contribution < 1.29 is 9.53 Å². The van der Waals surface area contributed by atoms with Gasteiger partial charge < -0.3 is 15.0 Å². The van der Waals surface area contributed by atoms with E-state index in [9.17, 15) is 4.79 Å². The highest BCUT2D eigenvalue weighted by molar-refractivity contribution is 7.99. The zero-order valence-corrected chi connectivity index (χ0v) is 15.3. The van der Waals surface area contributed by atoms with Crippen molar-refractivity contribution in [2.75, 3.05) is 31.3 Å². The van der Waals surface area contributed by atoms with E-state index in [0.717, 1.165) is 50.5 Å². The normalized spacial score (nSPS) is 26.0. The molecule has 0 unspecified atom stereocenters. The van der Waals surface area contributed by atoms with Crippen LogP contribution in [0.4, 0.5) is 4.79 Å². The summed E-state index contributed by atoms with van der Waals surface area (Å²) in [4.78, 5) is 14.9. The number of rotatable bonds is 4. The van der Waals surface area contributed by atoms with Crippen LogP contribution in [-0.4, -0.2) is 48.2 Å². The molecule has 1 aromatic rings. The topological polar surface area (TPSA) is 41.6 Å². The summed E-state index contributed by atoms with van der Waals surface area (Å²) < 4.78 is 5.52. The van der Waals surface area contributed by atoms with Gasteiger partial charge in [0, 0.05) is 31.6 Å². The van der Waals surface area contributed by atoms with Gasteiger partial charge >= 0.3 is 6.03 Å². The van der Waals surface area contributed by atoms with E-state index in [-0.39, 0.29) is 12.1 Å². The number of hydrogen-bond acceptors (Lipinski definition) is 3. The van der Waals surface area contributed by atoms with Crippen molar-refractivity contribution in [3.8, 4) is 0 Å². The predicted octanol–water partition coefficient (Wildman–Crippen LogP) is 3.69. The lowest BCUT2D eigenvalue weighted by Gasteiger charge is -2.30. The Balaban J connectivity index is 1.69. The van der Waals surface area contributed by atoms with Crippen molar-refractivity contribution in [2.45, 2.75) is 38.3 Å². The van der Waals surface area contributed by atoms with Crippen molar-refractivity contribution in [2.24, 2.45) is 5.92 Å². The van der Waals surface area contributed by atoms with E-state index in [1.165, 1.54) is 5.56 Å². The van der Waals surface area contributed by atoms with Crippen LogP contribution in [0.25, 0.3) is 0 Å². The highest BCUT2D eigenvalue weighted by Crippen LogP contribution is 2.27. The summed E-state index contributed by atoms with van der Waals surface area (Å²) in [7, 11) is 0. The first-order chi connectivity index (χ1) is 11.7. The van der Waals surface area contributed by atoms with Gasteiger partial charge in [0.2, 0.25) is 0 Å². The van der Waals surface area contributed by atoms with Crippen LogP contribution in [0.3, 0.4) is 0 Å². The maximum atomic E-state index is 12.9. The molecular weight excluding hydrogens is 320 g/mol. The average molecular weight is 349 g/mol. The van der Waals surface area contributed by atoms with Crippen molar-refractivity contribution in [1.82, 2.24) is 10.2 Å². The highest BCUT2D eigenvalue weighted by Gasteiger charge is 2.27. The van der Waals surface area contributed by atoms with Crippen LogP contribution in [0.5, 0.6) is 0 Å². The Morgan fingerprint density at radius 1 is 1.33 bits per heavy atom. The summed E-state index contributed by atoms with van der Waals surface area (Å²) in [6.07, 6.45) is 3.12. The SMILES string of the molecule is C[C@@H]1CCSCCN1C(=O)N[C@@H](C[C@@H]1CCOC1)c1ccccc1. The van der Waals surface area contributed by atoms with Gasteiger partial charge in [-0.2, -0.15) is 11.8 Å². The smallest absolute Gasteiger partial charge is 0.318 e. The second kappa shape index (κ2) is 8.77. The number of thioether (sulfide) groups is 1. The molecule has 5 heteroatoms. The van der Waals surface area contributed by atoms with Crippen molar-refractivity contribution in [3.05, 3.63) is 35.9 Å². The van der Waals surface area contributed by atoms with Crippen LogP contribution in [0.15, 0.2) is 30.3 Å². The minimum Gasteiger partial charge on any atom is -0.381 e. The molecule has 0 saturated carbocycles. The molecule has 0 aliphatic carbocycles. The van der Waals surface area contributed by atoms with E-state index in [0.29, 0.717) is 12.0 Å². The van der Waals surface area contributed by atoms with E-state index in [4.69, 9.17) is 4.74 Å². The molecule has 132 valence electrons. The number of carbonyl (C=O) groups is 1. The molecule has 0 radical (unpaired) electrons. The Labute approximate surface area is 149 Å². The molecule has 2 aliphatic heterocycles. The molecule has 3 rings (SSSR count). The zero-order chi connectivity index (χ0) is 16.8. The summed E-state index contributed by atoms with van der Waals surface area (Å²) >= 11 is 1.94. The molecule has 24 heavy (non-hydrogen) atoms. The molecule has 2 saturated heterocycles. The van der Waals surface area contributed by atoms with Crippen LogP contribution in [0.2, 0.25) is 0 Å². The molecular formula is C19H28N2O2S. The number of ether oxygens (including phenoxy) is 1. The fourth-order valence-corrected chi connectivity index (χ4v) is 4.53. The van der Waals surface area contributed by atoms with Crippen LogP contribution in [0, 0.1) is 5.92 Å². The Morgan fingerprint density at radius 2 is 2.17 bits per heavy atom. The summed E-state index contributed by atoms with van der Waals surface area (Å²) in [5.74, 6) is 2.71. The third kappa shape index (κ3) is 4.67. The molecule has 1 N–H and O–H groups in total. The summed E-state index contributed by atoms with van der Waals surface area (Å²) in [5, 5.41) is 3.31. The quantitative estimate of drug-likeness (QED) is 0.902. The standard InChI is InChI=1S/C19H28N2O2S/c1-15-8-11-24-12-9-21(15)19(22)20-18(13-16-7-10-23-14-16)17-5-3-2-4-6-17/h2-6,15-16,18H,7-14H2,1H3,(H,20,22)/t15-,16+,18+/m1/s1. The molecule has 0 aromatic heterocycles. The molecule has 3 atom stereocenters. The van der Waals surface area contributed by atoms with Gasteiger partial charge in [0.15, 0.2) is 0 Å². The number of nitrogens with one attached hydrogen (secondary N) is 1. The Kier molecular flexibility index (Phi) is 6.44. The Morgan fingerprint density at radius 3 is 2.92 bits per heavy atom. The number of nitrogens with zero attached hydrogens (tertiary/aromatic N) is 1. The largest absolute Gasteiger partial charge is 0.381 e. The lowest BCUT2D eigenvalue weighted by Crippen LogP contribution is -2.46. The van der Waals surface area contributed by atoms with Gasteiger partial charge in [-0.05, 0) is 43.4 Å². The van der Waals surface area contributed by atoms with Gasteiger partial charge in [-0.3, -0.25) is 0 Å². The highest BCUT2D eigenvalue weighted by atomic mass is 32.2. The fourth-order valence-electron chi connectivity index (χ4n) is 3.49. The first-order valence-electron chi connectivity index (χ1n) is 9.01. The first-order valence-corrected chi connectivity index (χ1v) is 10.2. The van der Waals surface area contributed by atoms with Gasteiger partial charge in [0.1, 0.15) is 0 Å².